The second-order valence-corrected chi connectivity index (χ2v) is 8.39. The maximum absolute atomic E-state index is 13.3. The number of Topliss-reactive ketones (excluding diaryl/α,β-unsaturated/α-hetero) is 3. The summed E-state index contributed by atoms with van der Waals surface area (Å²) in [6.07, 6.45) is 4.99. The van der Waals surface area contributed by atoms with Gasteiger partial charge in [-0.2, -0.15) is 0 Å². The summed E-state index contributed by atoms with van der Waals surface area (Å²) < 4.78 is 0. The number of hydrogen-bond acceptors (Lipinski definition) is 10. The minimum Gasteiger partial charge on any atom is -0.330 e. The molecule has 0 saturated carbocycles. The Morgan fingerprint density at radius 2 is 0.968 bits per heavy atom. The smallest absolute Gasteiger partial charge is 0.177 e. The van der Waals surface area contributed by atoms with Gasteiger partial charge in [0.2, 0.25) is 0 Å². The molecule has 10 heteroatoms. The number of nitrogens with two attached hydrogens (primary N) is 7. The van der Waals surface area contributed by atoms with E-state index in [9.17, 15) is 14.4 Å². The lowest BCUT2D eigenvalue weighted by atomic mass is 9.70. The molecule has 0 heterocycles. The van der Waals surface area contributed by atoms with E-state index >= 15 is 0 Å². The summed E-state index contributed by atoms with van der Waals surface area (Å²) in [7, 11) is 0. The highest BCUT2D eigenvalue weighted by molar-refractivity contribution is 6.18. The van der Waals surface area contributed by atoms with Gasteiger partial charge in [-0.1, -0.05) is 26.2 Å². The molecule has 0 fully saturated rings. The van der Waals surface area contributed by atoms with Crippen LogP contribution in [0, 0.1) is 5.92 Å². The number of unbranched alkanes of at least 4 members (excludes halogenated alkanes) is 3. The molecule has 0 aliphatic heterocycles. The predicted molar refractivity (Wildman–Crippen MR) is 124 cm³/mol. The molecule has 4 atom stereocenters. The maximum atomic E-state index is 13.3. The van der Waals surface area contributed by atoms with Gasteiger partial charge in [0.15, 0.2) is 17.3 Å². The molecular formula is C21H45N7O3. The third-order valence-electron chi connectivity index (χ3n) is 5.87. The Labute approximate surface area is 186 Å². The van der Waals surface area contributed by atoms with Crippen LogP contribution >= 0.6 is 0 Å². The fourth-order valence-electron chi connectivity index (χ4n) is 3.64. The van der Waals surface area contributed by atoms with Crippen molar-refractivity contribution in [2.75, 3.05) is 19.6 Å². The molecule has 1 unspecified atom stereocenters. The van der Waals surface area contributed by atoms with Crippen molar-refractivity contribution in [3.05, 3.63) is 0 Å². The molecule has 0 saturated heterocycles. The predicted octanol–water partition coefficient (Wildman–Crippen LogP) is -1.60. The van der Waals surface area contributed by atoms with Gasteiger partial charge >= 0.3 is 0 Å². The van der Waals surface area contributed by atoms with Gasteiger partial charge in [0.25, 0.3) is 0 Å². The average Bonchev–Trinajstić information content (AvgIpc) is 2.76. The van der Waals surface area contributed by atoms with Crippen molar-refractivity contribution in [1.82, 2.24) is 0 Å². The summed E-state index contributed by atoms with van der Waals surface area (Å²) in [5.74, 6) is -2.97. The first kappa shape index (κ1) is 29.7. The molecule has 0 spiro atoms. The van der Waals surface area contributed by atoms with E-state index in [4.69, 9.17) is 40.1 Å². The third kappa shape index (κ3) is 9.01. The summed E-state index contributed by atoms with van der Waals surface area (Å²) in [6.45, 7) is 2.88. The number of carbonyl (C=O) groups is 3. The van der Waals surface area contributed by atoms with E-state index in [0.717, 1.165) is 6.42 Å². The highest BCUT2D eigenvalue weighted by atomic mass is 16.2. The molecule has 0 aromatic carbocycles. The molecule has 0 rings (SSSR count). The van der Waals surface area contributed by atoms with Crippen molar-refractivity contribution in [2.24, 2.45) is 46.1 Å². The van der Waals surface area contributed by atoms with Gasteiger partial charge in [0.05, 0.1) is 18.1 Å². The molecule has 14 N–H and O–H groups in total. The lowest BCUT2D eigenvalue weighted by Gasteiger charge is -2.36. The third-order valence-corrected chi connectivity index (χ3v) is 5.87. The second kappa shape index (κ2) is 15.5. The first-order valence-corrected chi connectivity index (χ1v) is 11.4. The van der Waals surface area contributed by atoms with E-state index in [1.54, 1.807) is 0 Å². The van der Waals surface area contributed by atoms with Crippen LogP contribution in [-0.2, 0) is 14.4 Å². The number of hydrogen-bond donors (Lipinski definition) is 7. The molecule has 0 amide bonds. The van der Waals surface area contributed by atoms with Crippen LogP contribution in [0.5, 0.6) is 0 Å². The van der Waals surface area contributed by atoms with Crippen LogP contribution in [0.4, 0.5) is 0 Å². The SMILES string of the molecule is CC(C(=O)[C@@H](N)CCCCN)C(N)(C(=O)[C@@H](N)CCCCN)C(=O)[C@@H](N)CCCCN. The number of rotatable bonds is 19. The second-order valence-electron chi connectivity index (χ2n) is 8.39. The zero-order valence-corrected chi connectivity index (χ0v) is 19.1. The number of ketones is 3. The highest BCUT2D eigenvalue weighted by Crippen LogP contribution is 2.25. The minimum atomic E-state index is -2.13. The monoisotopic (exact) mass is 443 g/mol. The van der Waals surface area contributed by atoms with Crippen molar-refractivity contribution in [3.63, 3.8) is 0 Å². The van der Waals surface area contributed by atoms with Crippen LogP contribution in [0.15, 0.2) is 0 Å². The molecule has 0 aromatic rings. The van der Waals surface area contributed by atoms with E-state index in [0.29, 0.717) is 71.0 Å². The van der Waals surface area contributed by atoms with Gasteiger partial charge in [0, 0.05) is 5.92 Å². The van der Waals surface area contributed by atoms with Gasteiger partial charge in [-0.25, -0.2) is 0 Å². The Bertz CT molecular complexity index is 531. The van der Waals surface area contributed by atoms with Crippen LogP contribution in [-0.4, -0.2) is 60.6 Å². The highest BCUT2D eigenvalue weighted by Gasteiger charge is 2.52. The largest absolute Gasteiger partial charge is 0.330 e. The van der Waals surface area contributed by atoms with Crippen LogP contribution < -0.4 is 40.1 Å². The molecule has 0 aromatic heterocycles. The van der Waals surface area contributed by atoms with E-state index in [1.807, 2.05) is 0 Å². The summed E-state index contributed by atoms with van der Waals surface area (Å²) >= 11 is 0. The normalized spacial score (nSPS) is 15.9. The van der Waals surface area contributed by atoms with Crippen LogP contribution in [0.3, 0.4) is 0 Å². The fourth-order valence-corrected chi connectivity index (χ4v) is 3.64. The van der Waals surface area contributed by atoms with Crippen molar-refractivity contribution in [2.45, 2.75) is 88.4 Å². The van der Waals surface area contributed by atoms with Gasteiger partial charge in [-0.15, -0.1) is 0 Å². The van der Waals surface area contributed by atoms with Gasteiger partial charge in [0.1, 0.15) is 5.54 Å². The van der Waals surface area contributed by atoms with Gasteiger partial charge < -0.3 is 40.1 Å². The van der Waals surface area contributed by atoms with Crippen molar-refractivity contribution < 1.29 is 14.4 Å². The van der Waals surface area contributed by atoms with E-state index < -0.39 is 46.9 Å². The molecule has 31 heavy (non-hydrogen) atoms. The maximum Gasteiger partial charge on any atom is 0.177 e. The summed E-state index contributed by atoms with van der Waals surface area (Å²) in [5, 5.41) is 0. The van der Waals surface area contributed by atoms with Crippen molar-refractivity contribution >= 4 is 17.3 Å². The van der Waals surface area contributed by atoms with Crippen molar-refractivity contribution in [3.8, 4) is 0 Å². The van der Waals surface area contributed by atoms with E-state index in [2.05, 4.69) is 0 Å². The zero-order chi connectivity index (χ0) is 24.0. The summed E-state index contributed by atoms with van der Waals surface area (Å²) in [5.41, 5.74) is 39.0. The quantitative estimate of drug-likeness (QED) is 0.0891. The topological polar surface area (TPSA) is 233 Å². The lowest BCUT2D eigenvalue weighted by molar-refractivity contribution is -0.144. The Morgan fingerprint density at radius 3 is 1.29 bits per heavy atom. The molecule has 10 nitrogen and oxygen atoms in total. The molecule has 0 radical (unpaired) electrons. The van der Waals surface area contributed by atoms with Crippen LogP contribution in [0.2, 0.25) is 0 Å². The Morgan fingerprint density at radius 1 is 0.645 bits per heavy atom. The van der Waals surface area contributed by atoms with Gasteiger partial charge in [-0.3, -0.25) is 14.4 Å². The summed E-state index contributed by atoms with van der Waals surface area (Å²) in [6, 6.07) is -2.85. The number of carbonyl (C=O) groups excluding carboxylic acids is 3. The Kier molecular flexibility index (Phi) is 14.9. The molecule has 0 bridgehead atoms. The zero-order valence-electron chi connectivity index (χ0n) is 19.1. The molecular weight excluding hydrogens is 398 g/mol. The van der Waals surface area contributed by atoms with Crippen LogP contribution in [0.25, 0.3) is 0 Å². The standard InChI is InChI=1S/C21H45N7O3/c1-14(18(29)15(25)8-2-5-11-22)21(28,19(30)16(26)9-3-6-12-23)20(31)17(27)10-4-7-13-24/h14-17H,2-13,22-28H2,1H3/t14?,15-,16-,17-/m0/s1. The Hall–Kier alpha value is -1.27. The molecule has 0 aliphatic carbocycles. The van der Waals surface area contributed by atoms with E-state index in [-0.39, 0.29) is 0 Å². The minimum absolute atomic E-state index is 0.314. The van der Waals surface area contributed by atoms with Crippen LogP contribution in [0.1, 0.15) is 64.7 Å². The lowest BCUT2D eigenvalue weighted by Crippen LogP contribution is -2.69. The average molecular weight is 444 g/mol. The molecule has 182 valence electrons. The van der Waals surface area contributed by atoms with E-state index in [1.165, 1.54) is 6.92 Å². The first-order valence-electron chi connectivity index (χ1n) is 11.4. The first-order chi connectivity index (χ1) is 14.6. The summed E-state index contributed by atoms with van der Waals surface area (Å²) in [4.78, 5) is 39.6. The van der Waals surface area contributed by atoms with Crippen molar-refractivity contribution in [1.29, 1.82) is 0 Å². The fraction of sp³-hybridized carbons (Fsp3) is 0.857. The van der Waals surface area contributed by atoms with Gasteiger partial charge in [-0.05, 0) is 58.2 Å². The molecule has 0 aliphatic rings. The Balaban J connectivity index is 5.70.